The molecule has 0 bridgehead atoms. The van der Waals surface area contributed by atoms with Crippen LogP contribution in [0, 0.1) is 0 Å². The number of nitrogens with one attached hydrogen (secondary N) is 2. The van der Waals surface area contributed by atoms with Crippen molar-refractivity contribution in [3.63, 3.8) is 0 Å². The molecule has 3 nitrogen and oxygen atoms in total. The predicted octanol–water partition coefficient (Wildman–Crippen LogP) is 3.08. The summed E-state index contributed by atoms with van der Waals surface area (Å²) in [5, 5.41) is 3.94. The Hall–Kier alpha value is -1.36. The molecule has 1 saturated heterocycles. The lowest BCUT2D eigenvalue weighted by molar-refractivity contribution is -0.918. The number of quaternary nitrogens is 1. The van der Waals surface area contributed by atoms with Crippen LogP contribution >= 0.6 is 27.5 Å². The van der Waals surface area contributed by atoms with Gasteiger partial charge in [-0.25, -0.2) is 0 Å². The molecule has 0 atom stereocenters. The minimum Gasteiger partial charge on any atom is -0.349 e. The third kappa shape index (κ3) is 4.82. The van der Waals surface area contributed by atoms with Crippen LogP contribution in [0.15, 0.2) is 53.0 Å². The molecule has 126 valence electrons. The molecule has 2 aromatic rings. The highest BCUT2D eigenvalue weighted by molar-refractivity contribution is 9.10. The van der Waals surface area contributed by atoms with Gasteiger partial charge in [0.05, 0.1) is 13.1 Å². The van der Waals surface area contributed by atoms with Gasteiger partial charge in [0.1, 0.15) is 6.54 Å². The monoisotopic (exact) mass is 407 g/mol. The van der Waals surface area contributed by atoms with E-state index in [0.29, 0.717) is 5.56 Å². The first-order valence-corrected chi connectivity index (χ1v) is 9.42. The number of carbonyl (C=O) groups excluding carboxylic acids is 1. The molecular formula is C19H21BrClN2O+. The first-order valence-electron chi connectivity index (χ1n) is 8.24. The second-order valence-corrected chi connectivity index (χ2v) is 7.66. The lowest BCUT2D eigenvalue weighted by Gasteiger charge is -2.29. The zero-order valence-corrected chi connectivity index (χ0v) is 15.7. The Morgan fingerprint density at radius 1 is 1.17 bits per heavy atom. The Balaban J connectivity index is 1.48. The van der Waals surface area contributed by atoms with E-state index in [-0.39, 0.29) is 11.9 Å². The van der Waals surface area contributed by atoms with E-state index in [1.165, 1.54) is 5.56 Å². The fourth-order valence-corrected chi connectivity index (χ4v) is 3.66. The van der Waals surface area contributed by atoms with Crippen LogP contribution in [0.2, 0.25) is 5.02 Å². The van der Waals surface area contributed by atoms with Gasteiger partial charge in [-0.1, -0.05) is 45.7 Å². The molecule has 3 rings (SSSR count). The van der Waals surface area contributed by atoms with E-state index in [1.807, 2.05) is 36.4 Å². The summed E-state index contributed by atoms with van der Waals surface area (Å²) in [5.74, 6) is 0.0162. The van der Waals surface area contributed by atoms with Gasteiger partial charge in [0.2, 0.25) is 0 Å². The number of amides is 1. The van der Waals surface area contributed by atoms with E-state index in [1.54, 1.807) is 4.90 Å². The second-order valence-electron chi connectivity index (χ2n) is 6.31. The highest BCUT2D eigenvalue weighted by Crippen LogP contribution is 2.12. The molecule has 1 aliphatic rings. The summed E-state index contributed by atoms with van der Waals surface area (Å²) < 4.78 is 0.928. The smallest absolute Gasteiger partial charge is 0.251 e. The Kier molecular flexibility index (Phi) is 5.93. The van der Waals surface area contributed by atoms with Crippen molar-refractivity contribution in [2.24, 2.45) is 0 Å². The van der Waals surface area contributed by atoms with Crippen LogP contribution in [0.5, 0.6) is 0 Å². The summed E-state index contributed by atoms with van der Waals surface area (Å²) in [5.41, 5.74) is 2.02. The van der Waals surface area contributed by atoms with Gasteiger partial charge < -0.3 is 10.2 Å². The number of rotatable bonds is 4. The average Bonchev–Trinajstić information content (AvgIpc) is 2.59. The normalized spacial score (nSPS) is 20.6. The molecule has 0 radical (unpaired) electrons. The van der Waals surface area contributed by atoms with Crippen molar-refractivity contribution in [1.29, 1.82) is 0 Å². The molecule has 1 aliphatic heterocycles. The molecule has 5 heteroatoms. The molecule has 0 aliphatic carbocycles. The van der Waals surface area contributed by atoms with E-state index in [0.717, 1.165) is 42.0 Å². The molecule has 1 amide bonds. The maximum Gasteiger partial charge on any atom is 0.251 e. The first-order chi connectivity index (χ1) is 11.6. The number of likely N-dealkylation sites (tertiary alicyclic amines) is 1. The third-order valence-electron chi connectivity index (χ3n) is 4.48. The summed E-state index contributed by atoms with van der Waals surface area (Å²) in [6, 6.07) is 15.9. The van der Waals surface area contributed by atoms with Gasteiger partial charge in [0.15, 0.2) is 0 Å². The van der Waals surface area contributed by atoms with Crippen LogP contribution in [-0.2, 0) is 6.54 Å². The number of halogens is 2. The van der Waals surface area contributed by atoms with E-state index in [4.69, 9.17) is 11.6 Å². The number of hydrogen-bond acceptors (Lipinski definition) is 1. The summed E-state index contributed by atoms with van der Waals surface area (Å²) in [7, 11) is 0. The van der Waals surface area contributed by atoms with E-state index in [9.17, 15) is 4.79 Å². The molecule has 0 unspecified atom stereocenters. The summed E-state index contributed by atoms with van der Waals surface area (Å²) >= 11 is 9.34. The van der Waals surface area contributed by atoms with Crippen molar-refractivity contribution < 1.29 is 9.69 Å². The van der Waals surface area contributed by atoms with Crippen LogP contribution in [-0.4, -0.2) is 25.0 Å². The molecule has 0 aromatic heterocycles. The number of carbonyl (C=O) groups is 1. The SMILES string of the molecule is O=C(NC1CC[NH+](Cc2ccc(Cl)cc2)CC1)c1cccc(Br)c1. The fraction of sp³-hybridized carbons (Fsp3) is 0.316. The van der Waals surface area contributed by atoms with Crippen molar-refractivity contribution >= 4 is 33.4 Å². The quantitative estimate of drug-likeness (QED) is 0.801. The van der Waals surface area contributed by atoms with Crippen molar-refractivity contribution in [3.8, 4) is 0 Å². The lowest BCUT2D eigenvalue weighted by Crippen LogP contribution is -3.12. The summed E-state index contributed by atoms with van der Waals surface area (Å²) in [6.45, 7) is 3.17. The van der Waals surface area contributed by atoms with Gasteiger partial charge in [0.25, 0.3) is 5.91 Å². The largest absolute Gasteiger partial charge is 0.349 e. The molecule has 0 spiro atoms. The maximum absolute atomic E-state index is 12.3. The molecule has 2 aromatic carbocycles. The highest BCUT2D eigenvalue weighted by Gasteiger charge is 2.23. The van der Waals surface area contributed by atoms with Crippen LogP contribution in [0.3, 0.4) is 0 Å². The zero-order valence-electron chi connectivity index (χ0n) is 13.4. The molecule has 1 heterocycles. The predicted molar refractivity (Wildman–Crippen MR) is 100 cm³/mol. The maximum atomic E-state index is 12.3. The van der Waals surface area contributed by atoms with E-state index >= 15 is 0 Å². The van der Waals surface area contributed by atoms with Gasteiger partial charge in [-0.15, -0.1) is 0 Å². The fourth-order valence-electron chi connectivity index (χ4n) is 3.14. The minimum absolute atomic E-state index is 0.0162. The summed E-state index contributed by atoms with van der Waals surface area (Å²) in [6.07, 6.45) is 2.03. The van der Waals surface area contributed by atoms with E-state index in [2.05, 4.69) is 33.4 Å². The van der Waals surface area contributed by atoms with Crippen LogP contribution in [0.4, 0.5) is 0 Å². The third-order valence-corrected chi connectivity index (χ3v) is 5.23. The van der Waals surface area contributed by atoms with Gasteiger partial charge in [-0.05, 0) is 30.3 Å². The number of hydrogen-bond donors (Lipinski definition) is 2. The van der Waals surface area contributed by atoms with Gasteiger partial charge in [-0.2, -0.15) is 0 Å². The zero-order chi connectivity index (χ0) is 16.9. The van der Waals surface area contributed by atoms with Gasteiger partial charge in [0, 0.05) is 39.5 Å². The Morgan fingerprint density at radius 2 is 1.88 bits per heavy atom. The molecular weight excluding hydrogens is 388 g/mol. The van der Waals surface area contributed by atoms with Crippen molar-refractivity contribution in [2.75, 3.05) is 13.1 Å². The molecule has 2 N–H and O–H groups in total. The molecule has 24 heavy (non-hydrogen) atoms. The molecule has 1 fully saturated rings. The van der Waals surface area contributed by atoms with Gasteiger partial charge in [-0.3, -0.25) is 4.79 Å². The lowest BCUT2D eigenvalue weighted by atomic mass is 10.0. The minimum atomic E-state index is 0.0162. The summed E-state index contributed by atoms with van der Waals surface area (Å²) in [4.78, 5) is 13.9. The topological polar surface area (TPSA) is 33.5 Å². The van der Waals surface area contributed by atoms with Gasteiger partial charge >= 0.3 is 0 Å². The second kappa shape index (κ2) is 8.15. The van der Waals surface area contributed by atoms with Crippen molar-refractivity contribution in [2.45, 2.75) is 25.4 Å². The van der Waals surface area contributed by atoms with Crippen molar-refractivity contribution in [3.05, 3.63) is 69.2 Å². The Bertz CT molecular complexity index is 697. The standard InChI is InChI=1S/C19H20BrClN2O/c20-16-3-1-2-15(12-16)19(24)22-18-8-10-23(11-9-18)13-14-4-6-17(21)7-5-14/h1-7,12,18H,8-11,13H2,(H,22,24)/p+1. The highest BCUT2D eigenvalue weighted by atomic mass is 79.9. The van der Waals surface area contributed by atoms with Crippen molar-refractivity contribution in [1.82, 2.24) is 5.32 Å². The average molecular weight is 409 g/mol. The van der Waals surface area contributed by atoms with E-state index < -0.39 is 0 Å². The Morgan fingerprint density at radius 3 is 2.54 bits per heavy atom. The van der Waals surface area contributed by atoms with Crippen LogP contribution in [0.25, 0.3) is 0 Å². The molecule has 0 saturated carbocycles. The van der Waals surface area contributed by atoms with Crippen LogP contribution < -0.4 is 10.2 Å². The number of benzene rings is 2. The van der Waals surface area contributed by atoms with Crippen LogP contribution in [0.1, 0.15) is 28.8 Å². The Labute approximate surface area is 156 Å². The number of piperidine rings is 1. The first kappa shape index (κ1) is 17.5.